The van der Waals surface area contributed by atoms with E-state index in [1.54, 1.807) is 13.0 Å². The Morgan fingerprint density at radius 1 is 1.08 bits per heavy atom. The van der Waals surface area contributed by atoms with Gasteiger partial charge in [0.05, 0.1) is 13.2 Å². The summed E-state index contributed by atoms with van der Waals surface area (Å²) in [5, 5.41) is 26.9. The maximum atomic E-state index is 9.27. The number of benzene rings is 1. The minimum atomic E-state index is -0.209. The number of hydrogen-bond acceptors (Lipinski definition) is 3. The van der Waals surface area contributed by atoms with Gasteiger partial charge in [-0.1, -0.05) is 0 Å². The van der Waals surface area contributed by atoms with E-state index < -0.39 is 0 Å². The molecule has 0 aliphatic carbocycles. The van der Waals surface area contributed by atoms with E-state index in [0.29, 0.717) is 5.56 Å². The fourth-order valence-electron chi connectivity index (χ4n) is 1.09. The molecule has 0 atom stereocenters. The van der Waals surface area contributed by atoms with Gasteiger partial charge in [-0.25, -0.2) is 0 Å². The van der Waals surface area contributed by atoms with Crippen LogP contribution in [-0.2, 0) is 13.2 Å². The van der Waals surface area contributed by atoms with Gasteiger partial charge in [-0.2, -0.15) is 0 Å². The molecule has 3 N–H and O–H groups in total. The van der Waals surface area contributed by atoms with Gasteiger partial charge in [-0.05, 0) is 30.2 Å². The van der Waals surface area contributed by atoms with Crippen LogP contribution in [0.3, 0.4) is 0 Å². The summed E-state index contributed by atoms with van der Waals surface area (Å²) in [6.07, 6.45) is 0. The summed E-state index contributed by atoms with van der Waals surface area (Å²) in [6.45, 7) is 1.52. The molecule has 12 heavy (non-hydrogen) atoms. The van der Waals surface area contributed by atoms with Gasteiger partial charge < -0.3 is 15.3 Å². The van der Waals surface area contributed by atoms with Crippen LogP contribution >= 0.6 is 0 Å². The summed E-state index contributed by atoms with van der Waals surface area (Å²) in [6, 6.07) is 3.14. The lowest BCUT2D eigenvalue weighted by Crippen LogP contribution is -1.93. The van der Waals surface area contributed by atoms with Crippen molar-refractivity contribution in [3.05, 3.63) is 28.8 Å². The molecule has 0 aliphatic rings. The van der Waals surface area contributed by atoms with Gasteiger partial charge in [0.15, 0.2) is 0 Å². The fraction of sp³-hybridized carbons (Fsp3) is 0.333. The van der Waals surface area contributed by atoms with E-state index in [9.17, 15) is 5.11 Å². The first kappa shape index (κ1) is 9.03. The lowest BCUT2D eigenvalue weighted by Gasteiger charge is -2.06. The summed E-state index contributed by atoms with van der Waals surface area (Å²) in [7, 11) is 0. The molecule has 1 aromatic carbocycles. The van der Waals surface area contributed by atoms with Crippen molar-refractivity contribution in [3.63, 3.8) is 0 Å². The van der Waals surface area contributed by atoms with Gasteiger partial charge in [0.2, 0.25) is 0 Å². The highest BCUT2D eigenvalue weighted by Gasteiger charge is 2.04. The lowest BCUT2D eigenvalue weighted by molar-refractivity contribution is 0.270. The molecule has 1 rings (SSSR count). The van der Waals surface area contributed by atoms with Crippen LogP contribution in [-0.4, -0.2) is 15.3 Å². The summed E-state index contributed by atoms with van der Waals surface area (Å²) >= 11 is 0. The van der Waals surface area contributed by atoms with Crippen LogP contribution in [0.2, 0.25) is 0 Å². The standard InChI is InChI=1S/C9H12O3/c1-6-2-9(12)8(5-11)3-7(6)4-10/h2-3,10-12H,4-5H2,1H3. The normalized spacial score (nSPS) is 10.2. The molecule has 0 aliphatic heterocycles. The Hall–Kier alpha value is -1.06. The lowest BCUT2D eigenvalue weighted by atomic mass is 10.0. The minimum absolute atomic E-state index is 0.0703. The third kappa shape index (κ3) is 1.57. The first-order valence-electron chi connectivity index (χ1n) is 3.72. The van der Waals surface area contributed by atoms with Gasteiger partial charge in [-0.15, -0.1) is 0 Å². The summed E-state index contributed by atoms with van der Waals surface area (Å²) in [5.41, 5.74) is 2.01. The first-order valence-corrected chi connectivity index (χ1v) is 3.72. The average molecular weight is 168 g/mol. The van der Waals surface area contributed by atoms with Crippen molar-refractivity contribution >= 4 is 0 Å². The molecule has 0 radical (unpaired) electrons. The number of aliphatic hydroxyl groups excluding tert-OH is 2. The zero-order valence-electron chi connectivity index (χ0n) is 6.91. The van der Waals surface area contributed by atoms with Gasteiger partial charge in [-0.3, -0.25) is 0 Å². The number of aliphatic hydroxyl groups is 2. The van der Waals surface area contributed by atoms with E-state index in [2.05, 4.69) is 0 Å². The quantitative estimate of drug-likeness (QED) is 0.608. The SMILES string of the molecule is Cc1cc(O)c(CO)cc1CO. The highest BCUT2D eigenvalue weighted by molar-refractivity contribution is 5.40. The van der Waals surface area contributed by atoms with Crippen molar-refractivity contribution in [2.75, 3.05) is 0 Å². The second-order valence-corrected chi connectivity index (χ2v) is 2.72. The monoisotopic (exact) mass is 168 g/mol. The molecule has 0 saturated heterocycles. The second-order valence-electron chi connectivity index (χ2n) is 2.72. The van der Waals surface area contributed by atoms with Crippen molar-refractivity contribution in [3.8, 4) is 5.75 Å². The van der Waals surface area contributed by atoms with Crippen LogP contribution in [0.4, 0.5) is 0 Å². The van der Waals surface area contributed by atoms with Crippen molar-refractivity contribution in [2.24, 2.45) is 0 Å². The number of hydrogen-bond donors (Lipinski definition) is 3. The highest BCUT2D eigenvalue weighted by Crippen LogP contribution is 2.21. The smallest absolute Gasteiger partial charge is 0.121 e. The van der Waals surface area contributed by atoms with Gasteiger partial charge in [0.1, 0.15) is 5.75 Å². The maximum Gasteiger partial charge on any atom is 0.121 e. The van der Waals surface area contributed by atoms with Crippen molar-refractivity contribution < 1.29 is 15.3 Å². The summed E-state index contributed by atoms with van der Waals surface area (Å²) < 4.78 is 0. The third-order valence-electron chi connectivity index (χ3n) is 1.88. The Bertz CT molecular complexity index is 256. The molecule has 0 saturated carbocycles. The molecule has 3 nitrogen and oxygen atoms in total. The van der Waals surface area contributed by atoms with E-state index in [1.807, 2.05) is 0 Å². The fourth-order valence-corrected chi connectivity index (χ4v) is 1.09. The zero-order valence-corrected chi connectivity index (χ0v) is 6.91. The van der Waals surface area contributed by atoms with E-state index in [-0.39, 0.29) is 19.0 Å². The van der Waals surface area contributed by atoms with Crippen LogP contribution in [0, 0.1) is 6.92 Å². The van der Waals surface area contributed by atoms with Crippen LogP contribution in [0.1, 0.15) is 16.7 Å². The van der Waals surface area contributed by atoms with E-state index >= 15 is 0 Å². The second kappa shape index (κ2) is 3.56. The molecular weight excluding hydrogens is 156 g/mol. The van der Waals surface area contributed by atoms with Gasteiger partial charge in [0, 0.05) is 5.56 Å². The Balaban J connectivity index is 3.18. The van der Waals surface area contributed by atoms with Crippen molar-refractivity contribution in [1.82, 2.24) is 0 Å². The molecule has 0 unspecified atom stereocenters. The first-order chi connectivity index (χ1) is 5.69. The Morgan fingerprint density at radius 3 is 2.17 bits per heavy atom. The summed E-state index contributed by atoms with van der Waals surface area (Å²) in [5.74, 6) is 0.0761. The Morgan fingerprint density at radius 2 is 1.67 bits per heavy atom. The largest absolute Gasteiger partial charge is 0.508 e. The number of aryl methyl sites for hydroxylation is 1. The average Bonchev–Trinajstić information content (AvgIpc) is 2.05. The number of phenols is 1. The molecule has 0 heterocycles. The van der Waals surface area contributed by atoms with Crippen molar-refractivity contribution in [1.29, 1.82) is 0 Å². The van der Waals surface area contributed by atoms with E-state index in [1.165, 1.54) is 6.07 Å². The van der Waals surface area contributed by atoms with Crippen LogP contribution in [0.5, 0.6) is 5.75 Å². The van der Waals surface area contributed by atoms with Crippen LogP contribution in [0.25, 0.3) is 0 Å². The topological polar surface area (TPSA) is 60.7 Å². The molecule has 66 valence electrons. The highest BCUT2D eigenvalue weighted by atomic mass is 16.3. The molecule has 0 aromatic heterocycles. The summed E-state index contributed by atoms with van der Waals surface area (Å²) in [4.78, 5) is 0. The van der Waals surface area contributed by atoms with Crippen LogP contribution in [0.15, 0.2) is 12.1 Å². The third-order valence-corrected chi connectivity index (χ3v) is 1.88. The molecular formula is C9H12O3. The number of aromatic hydroxyl groups is 1. The maximum absolute atomic E-state index is 9.27. The molecule has 1 aromatic rings. The zero-order chi connectivity index (χ0) is 9.14. The van der Waals surface area contributed by atoms with E-state index in [0.717, 1.165) is 11.1 Å². The predicted octanol–water partition coefficient (Wildman–Crippen LogP) is 0.685. The molecule has 0 spiro atoms. The molecule has 3 heteroatoms. The molecule has 0 bridgehead atoms. The van der Waals surface area contributed by atoms with Gasteiger partial charge in [0.25, 0.3) is 0 Å². The Labute approximate surface area is 70.9 Å². The predicted molar refractivity (Wildman–Crippen MR) is 44.7 cm³/mol. The number of rotatable bonds is 2. The van der Waals surface area contributed by atoms with Crippen LogP contribution < -0.4 is 0 Å². The Kier molecular flexibility index (Phi) is 2.68. The van der Waals surface area contributed by atoms with Crippen molar-refractivity contribution in [2.45, 2.75) is 20.1 Å². The molecule has 0 fully saturated rings. The minimum Gasteiger partial charge on any atom is -0.508 e. The molecule has 0 amide bonds. The van der Waals surface area contributed by atoms with E-state index in [4.69, 9.17) is 10.2 Å². The van der Waals surface area contributed by atoms with Gasteiger partial charge >= 0.3 is 0 Å².